The molecule has 2 unspecified atom stereocenters. The van der Waals surface area contributed by atoms with Crippen molar-refractivity contribution in [2.45, 2.75) is 107 Å². The van der Waals surface area contributed by atoms with Crippen LogP contribution in [0.25, 0.3) is 0 Å². The molecule has 286 valence electrons. The zero-order chi connectivity index (χ0) is 37.8. The van der Waals surface area contributed by atoms with E-state index in [1.54, 1.807) is 51.0 Å². The van der Waals surface area contributed by atoms with Crippen molar-refractivity contribution in [3.05, 3.63) is 64.4 Å². The number of carbonyl (C=O) groups excluding carboxylic acids is 3. The van der Waals surface area contributed by atoms with Crippen molar-refractivity contribution in [3.63, 3.8) is 0 Å². The molecule has 2 saturated heterocycles. The van der Waals surface area contributed by atoms with E-state index in [1.807, 2.05) is 12.1 Å². The SMILES string of the molecule is COC(=O)NC(C(=O)Nc1cccc(F)c1CC[C@H]1CN(C(=O)OC(C)(C)C)[C@@H]2CCCS(=O)(=O)N1C2)C1(c2ccc(Cl)cc2)CCC(OC)CC1. The van der Waals surface area contributed by atoms with Crippen molar-refractivity contribution < 1.29 is 41.4 Å². The summed E-state index contributed by atoms with van der Waals surface area (Å²) in [5.41, 5.74) is -0.456. The first-order valence-corrected chi connectivity index (χ1v) is 19.8. The first-order valence-electron chi connectivity index (χ1n) is 17.8. The number of benzene rings is 2. The Morgan fingerprint density at radius 2 is 1.73 bits per heavy atom. The number of carbonyl (C=O) groups is 3. The molecule has 2 aliphatic heterocycles. The third-order valence-electron chi connectivity index (χ3n) is 10.5. The number of anilines is 1. The van der Waals surface area contributed by atoms with Gasteiger partial charge in [-0.2, -0.15) is 4.31 Å². The quantitative estimate of drug-likeness (QED) is 0.316. The fourth-order valence-corrected chi connectivity index (χ4v) is 9.77. The lowest BCUT2D eigenvalue weighted by molar-refractivity contribution is -0.120. The van der Waals surface area contributed by atoms with Crippen LogP contribution < -0.4 is 10.6 Å². The summed E-state index contributed by atoms with van der Waals surface area (Å²) in [6.45, 7) is 5.54. The number of alkyl carbamates (subject to hydrolysis) is 1. The van der Waals surface area contributed by atoms with Crippen LogP contribution in [0.1, 0.15) is 76.8 Å². The van der Waals surface area contributed by atoms with Crippen molar-refractivity contribution in [1.29, 1.82) is 0 Å². The monoisotopic (exact) mass is 764 g/mol. The molecule has 12 nitrogen and oxygen atoms in total. The van der Waals surface area contributed by atoms with Crippen LogP contribution in [0.2, 0.25) is 5.02 Å². The van der Waals surface area contributed by atoms with Crippen LogP contribution in [-0.4, -0.2) is 98.6 Å². The van der Waals surface area contributed by atoms with E-state index in [1.165, 1.54) is 23.5 Å². The fourth-order valence-electron chi connectivity index (χ4n) is 7.85. The van der Waals surface area contributed by atoms with Gasteiger partial charge in [0.2, 0.25) is 15.9 Å². The molecular formula is C37H50ClFN4O8S. The van der Waals surface area contributed by atoms with E-state index in [0.717, 1.165) is 5.56 Å². The lowest BCUT2D eigenvalue weighted by atomic mass is 9.64. The summed E-state index contributed by atoms with van der Waals surface area (Å²) in [6.07, 6.45) is 2.05. The summed E-state index contributed by atoms with van der Waals surface area (Å²) in [4.78, 5) is 42.1. The maximum Gasteiger partial charge on any atom is 0.410 e. The molecular weight excluding hydrogens is 715 g/mol. The topological polar surface area (TPSA) is 144 Å². The molecule has 0 spiro atoms. The molecule has 0 aromatic heterocycles. The molecule has 2 heterocycles. The van der Waals surface area contributed by atoms with E-state index >= 15 is 4.39 Å². The number of nitrogens with one attached hydrogen (secondary N) is 2. The number of halogens is 2. The van der Waals surface area contributed by atoms with E-state index in [2.05, 4.69) is 10.6 Å². The molecule has 0 radical (unpaired) electrons. The number of hydrogen-bond acceptors (Lipinski definition) is 8. The Kier molecular flexibility index (Phi) is 12.4. The Balaban J connectivity index is 1.44. The van der Waals surface area contributed by atoms with Crippen LogP contribution >= 0.6 is 11.6 Å². The third kappa shape index (κ3) is 9.00. The Morgan fingerprint density at radius 3 is 2.37 bits per heavy atom. The van der Waals surface area contributed by atoms with Crippen LogP contribution in [0.5, 0.6) is 0 Å². The normalized spacial score (nSPS) is 26.4. The molecule has 2 aromatic carbocycles. The van der Waals surface area contributed by atoms with E-state index in [4.69, 9.17) is 25.8 Å². The number of hydrogen-bond donors (Lipinski definition) is 2. The van der Waals surface area contributed by atoms with Gasteiger partial charge in [-0.05, 0) is 102 Å². The van der Waals surface area contributed by atoms with Gasteiger partial charge in [0.1, 0.15) is 17.5 Å². The Hall–Kier alpha value is -3.46. The number of sulfonamides is 1. The maximum atomic E-state index is 15.7. The first-order chi connectivity index (χ1) is 24.6. The Morgan fingerprint density at radius 1 is 1.04 bits per heavy atom. The molecule has 3 aliphatic rings. The summed E-state index contributed by atoms with van der Waals surface area (Å²) >= 11 is 6.23. The van der Waals surface area contributed by atoms with E-state index < -0.39 is 57.0 Å². The van der Waals surface area contributed by atoms with Gasteiger partial charge in [-0.15, -0.1) is 0 Å². The number of amides is 3. The highest BCUT2D eigenvalue weighted by atomic mass is 35.5. The van der Waals surface area contributed by atoms with Gasteiger partial charge in [-0.3, -0.25) is 4.79 Å². The second kappa shape index (κ2) is 16.3. The zero-order valence-electron chi connectivity index (χ0n) is 30.5. The van der Waals surface area contributed by atoms with Crippen LogP contribution in [0.4, 0.5) is 19.7 Å². The highest BCUT2D eigenvalue weighted by molar-refractivity contribution is 7.89. The number of nitrogens with zero attached hydrogens (tertiary/aromatic N) is 2. The second-order valence-electron chi connectivity index (χ2n) is 14.9. The largest absolute Gasteiger partial charge is 0.453 e. The van der Waals surface area contributed by atoms with Crippen molar-refractivity contribution in [2.75, 3.05) is 38.4 Å². The third-order valence-corrected chi connectivity index (χ3v) is 12.7. The summed E-state index contributed by atoms with van der Waals surface area (Å²) in [5, 5.41) is 6.18. The molecule has 52 heavy (non-hydrogen) atoms. The van der Waals surface area contributed by atoms with Crippen LogP contribution in [0, 0.1) is 5.82 Å². The van der Waals surface area contributed by atoms with Gasteiger partial charge in [0, 0.05) is 54.0 Å². The predicted molar refractivity (Wildman–Crippen MR) is 195 cm³/mol. The molecule has 15 heteroatoms. The number of fused-ring (bicyclic) bond motifs is 2. The van der Waals surface area contributed by atoms with Gasteiger partial charge in [0.25, 0.3) is 0 Å². The van der Waals surface area contributed by atoms with E-state index in [0.29, 0.717) is 43.5 Å². The van der Waals surface area contributed by atoms with E-state index in [9.17, 15) is 22.8 Å². The number of piperazine rings is 1. The minimum atomic E-state index is -3.63. The minimum absolute atomic E-state index is 0.0218. The van der Waals surface area contributed by atoms with Gasteiger partial charge in [-0.25, -0.2) is 22.4 Å². The molecule has 2 aromatic rings. The van der Waals surface area contributed by atoms with Crippen molar-refractivity contribution >= 4 is 45.4 Å². The lowest BCUT2D eigenvalue weighted by Gasteiger charge is -2.45. The number of methoxy groups -OCH3 is 2. The molecule has 3 fully saturated rings. The van der Waals surface area contributed by atoms with Crippen LogP contribution in [-0.2, 0) is 40.9 Å². The van der Waals surface area contributed by atoms with Crippen molar-refractivity contribution in [1.82, 2.24) is 14.5 Å². The number of rotatable bonds is 9. The van der Waals surface area contributed by atoms with E-state index in [-0.39, 0.29) is 55.1 Å². The van der Waals surface area contributed by atoms with Gasteiger partial charge >= 0.3 is 12.2 Å². The first kappa shape index (κ1) is 39.7. The summed E-state index contributed by atoms with van der Waals surface area (Å²) in [5.74, 6) is -1.20. The summed E-state index contributed by atoms with van der Waals surface area (Å²) in [6, 6.07) is 9.38. The van der Waals surface area contributed by atoms with Crippen molar-refractivity contribution in [2.24, 2.45) is 0 Å². The summed E-state index contributed by atoms with van der Waals surface area (Å²) < 4.78 is 60.1. The Bertz CT molecular complexity index is 1710. The zero-order valence-corrected chi connectivity index (χ0v) is 32.0. The van der Waals surface area contributed by atoms with Crippen molar-refractivity contribution in [3.8, 4) is 0 Å². The van der Waals surface area contributed by atoms with Gasteiger partial charge in [0.05, 0.1) is 19.0 Å². The standard InChI is InChI=1S/C37H50ClFN4O8S/c1-36(2,3)51-35(46)42-22-27(43-23-26(42)8-7-21-52(43,47)48)15-16-29-30(39)9-6-10-31(29)40-33(44)32(41-34(45)50-5)37(19-17-28(49-4)18-20-37)24-11-13-25(38)14-12-24/h6,9-14,26-28,32H,7-8,15-23H2,1-5H3,(H,40,44)(H,41,45)/t26-,27+,28?,32?,37?/m1/s1. The van der Waals surface area contributed by atoms with Crippen LogP contribution in [0.15, 0.2) is 42.5 Å². The van der Waals surface area contributed by atoms with Gasteiger partial charge in [0.15, 0.2) is 0 Å². The van der Waals surface area contributed by atoms with Crippen LogP contribution in [0.3, 0.4) is 0 Å². The minimum Gasteiger partial charge on any atom is -0.453 e. The molecule has 1 aliphatic carbocycles. The van der Waals surface area contributed by atoms with Gasteiger partial charge < -0.3 is 29.7 Å². The predicted octanol–water partition coefficient (Wildman–Crippen LogP) is 6.02. The van der Waals surface area contributed by atoms with Gasteiger partial charge in [-0.1, -0.05) is 29.8 Å². The molecule has 5 rings (SSSR count). The average Bonchev–Trinajstić information content (AvgIpc) is 3.22. The maximum absolute atomic E-state index is 15.7. The fraction of sp³-hybridized carbons (Fsp3) is 0.595. The molecule has 3 amide bonds. The Labute approximate surface area is 310 Å². The molecule has 2 N–H and O–H groups in total. The smallest absolute Gasteiger partial charge is 0.410 e. The highest BCUT2D eigenvalue weighted by Crippen LogP contribution is 2.44. The summed E-state index contributed by atoms with van der Waals surface area (Å²) in [7, 11) is -0.767. The molecule has 4 atom stereocenters. The molecule has 1 saturated carbocycles. The number of ether oxygens (including phenoxy) is 3. The average molecular weight is 765 g/mol. The second-order valence-corrected chi connectivity index (χ2v) is 17.4. The molecule has 2 bridgehead atoms. The lowest BCUT2D eigenvalue weighted by Crippen LogP contribution is -2.60. The highest BCUT2D eigenvalue weighted by Gasteiger charge is 2.48.